The molecule has 0 unspecified atom stereocenters. The molecule has 0 saturated carbocycles. The van der Waals surface area contributed by atoms with Crippen molar-refractivity contribution in [2.45, 2.75) is 0 Å². The van der Waals surface area contributed by atoms with Crippen LogP contribution in [0, 0.1) is 0 Å². The number of halogens is 2. The van der Waals surface area contributed by atoms with Crippen molar-refractivity contribution in [1.29, 1.82) is 0 Å². The van der Waals surface area contributed by atoms with Gasteiger partial charge in [-0.1, -0.05) is 15.9 Å². The fraction of sp³-hybridized carbons (Fsp3) is 0. The van der Waals surface area contributed by atoms with Gasteiger partial charge in [0.1, 0.15) is 0 Å². The van der Waals surface area contributed by atoms with Crippen LogP contribution in [0.1, 0.15) is 0 Å². The van der Waals surface area contributed by atoms with Crippen LogP contribution in [0.3, 0.4) is 0 Å². The summed E-state index contributed by atoms with van der Waals surface area (Å²) in [5.41, 5.74) is 0.499. The second-order valence-corrected chi connectivity index (χ2v) is 5.45. The van der Waals surface area contributed by atoms with Gasteiger partial charge in [0.2, 0.25) is 0 Å². The monoisotopic (exact) mass is 334 g/mol. The van der Waals surface area contributed by atoms with Gasteiger partial charge in [-0.05, 0) is 33.5 Å². The van der Waals surface area contributed by atoms with Crippen LogP contribution in [-0.4, -0.2) is 17.2 Å². The van der Waals surface area contributed by atoms with Crippen molar-refractivity contribution in [2.75, 3.05) is 0 Å². The van der Waals surface area contributed by atoms with E-state index in [0.29, 0.717) is 5.46 Å². The van der Waals surface area contributed by atoms with E-state index in [1.807, 2.05) is 5.38 Å². The van der Waals surface area contributed by atoms with Gasteiger partial charge < -0.3 is 10.0 Å². The predicted octanol–water partition coefficient (Wildman–Crippen LogP) is 2.11. The van der Waals surface area contributed by atoms with E-state index < -0.39 is 7.12 Å². The molecule has 14 heavy (non-hydrogen) atoms. The summed E-state index contributed by atoms with van der Waals surface area (Å²) in [4.78, 5) is 0. The highest BCUT2D eigenvalue weighted by Gasteiger charge is 2.15. The van der Waals surface area contributed by atoms with E-state index in [-0.39, 0.29) is 0 Å². The Labute approximate surface area is 102 Å². The van der Waals surface area contributed by atoms with Crippen LogP contribution < -0.4 is 5.46 Å². The van der Waals surface area contributed by atoms with Gasteiger partial charge in [0.05, 0.1) is 0 Å². The first-order valence-corrected chi connectivity index (χ1v) is 6.28. The smallest absolute Gasteiger partial charge is 0.423 e. The van der Waals surface area contributed by atoms with Crippen LogP contribution in [0.5, 0.6) is 0 Å². The number of hydrogen-bond donors (Lipinski definition) is 2. The van der Waals surface area contributed by atoms with Gasteiger partial charge in [0.15, 0.2) is 0 Å². The predicted molar refractivity (Wildman–Crippen MR) is 67.1 cm³/mol. The molecule has 0 fully saturated rings. The molecule has 0 radical (unpaired) electrons. The summed E-state index contributed by atoms with van der Waals surface area (Å²) in [7, 11) is -1.42. The zero-order valence-corrected chi connectivity index (χ0v) is 10.9. The Morgan fingerprint density at radius 2 is 1.86 bits per heavy atom. The first-order valence-electron chi connectivity index (χ1n) is 3.82. The average Bonchev–Trinajstić information content (AvgIpc) is 2.48. The van der Waals surface area contributed by atoms with E-state index in [4.69, 9.17) is 10.0 Å². The molecular formula is C8H5BBr2O2S. The van der Waals surface area contributed by atoms with Crippen molar-refractivity contribution in [2.24, 2.45) is 0 Å². The van der Waals surface area contributed by atoms with Crippen LogP contribution in [0.2, 0.25) is 0 Å². The first kappa shape index (κ1) is 10.6. The fourth-order valence-corrected chi connectivity index (χ4v) is 4.07. The van der Waals surface area contributed by atoms with E-state index in [0.717, 1.165) is 19.0 Å². The lowest BCUT2D eigenvalue weighted by molar-refractivity contribution is 0.426. The minimum atomic E-state index is -1.42. The Hall–Kier alpha value is 0.125. The standard InChI is InChI=1S/C8H5BBr2O2S/c10-5-1-4(9(12)13)2-7-8(5)6(11)3-14-7/h1-3,12-13H. The Kier molecular flexibility index (Phi) is 2.99. The van der Waals surface area contributed by atoms with Gasteiger partial charge in [0.25, 0.3) is 0 Å². The van der Waals surface area contributed by atoms with Gasteiger partial charge in [-0.3, -0.25) is 0 Å². The highest BCUT2D eigenvalue weighted by Crippen LogP contribution is 2.34. The summed E-state index contributed by atoms with van der Waals surface area (Å²) in [5.74, 6) is 0. The molecule has 2 rings (SSSR count). The molecule has 72 valence electrons. The molecule has 1 aromatic carbocycles. The van der Waals surface area contributed by atoms with Crippen LogP contribution in [0.25, 0.3) is 10.1 Å². The van der Waals surface area contributed by atoms with E-state index in [9.17, 15) is 0 Å². The van der Waals surface area contributed by atoms with Gasteiger partial charge in [-0.2, -0.15) is 0 Å². The molecule has 0 atom stereocenters. The first-order chi connectivity index (χ1) is 6.59. The lowest BCUT2D eigenvalue weighted by Crippen LogP contribution is -2.29. The summed E-state index contributed by atoms with van der Waals surface area (Å²) >= 11 is 8.40. The van der Waals surface area contributed by atoms with E-state index in [1.54, 1.807) is 23.5 Å². The Bertz CT molecular complexity index is 483. The summed E-state index contributed by atoms with van der Waals surface area (Å²) in [6, 6.07) is 3.49. The molecule has 6 heteroatoms. The Morgan fingerprint density at radius 1 is 1.14 bits per heavy atom. The quantitative estimate of drug-likeness (QED) is 0.784. The highest BCUT2D eigenvalue weighted by atomic mass is 79.9. The van der Waals surface area contributed by atoms with Crippen molar-refractivity contribution in [3.05, 3.63) is 26.5 Å². The number of rotatable bonds is 1. The molecule has 0 amide bonds. The molecule has 1 heterocycles. The van der Waals surface area contributed by atoms with Crippen LogP contribution in [-0.2, 0) is 0 Å². The summed E-state index contributed by atoms with van der Waals surface area (Å²) in [5, 5.41) is 21.1. The maximum Gasteiger partial charge on any atom is 0.488 e. The van der Waals surface area contributed by atoms with Gasteiger partial charge in [0, 0.05) is 24.4 Å². The molecule has 0 bridgehead atoms. The number of benzene rings is 1. The van der Waals surface area contributed by atoms with E-state index >= 15 is 0 Å². The largest absolute Gasteiger partial charge is 0.488 e. The molecular weight excluding hydrogens is 331 g/mol. The molecule has 2 aromatic rings. The Balaban J connectivity index is 2.74. The second kappa shape index (κ2) is 3.94. The highest BCUT2D eigenvalue weighted by molar-refractivity contribution is 9.11. The van der Waals surface area contributed by atoms with Crippen molar-refractivity contribution in [3.63, 3.8) is 0 Å². The Morgan fingerprint density at radius 3 is 2.50 bits per heavy atom. The SMILES string of the molecule is OB(O)c1cc(Br)c2c(Br)csc2c1. The minimum absolute atomic E-state index is 0.499. The maximum absolute atomic E-state index is 9.04. The summed E-state index contributed by atoms with van der Waals surface area (Å²) in [6.07, 6.45) is 0. The number of thiophene rings is 1. The van der Waals surface area contributed by atoms with E-state index in [2.05, 4.69) is 31.9 Å². The van der Waals surface area contributed by atoms with Crippen molar-refractivity contribution in [3.8, 4) is 0 Å². The molecule has 0 aliphatic rings. The molecule has 2 N–H and O–H groups in total. The zero-order valence-electron chi connectivity index (χ0n) is 6.87. The van der Waals surface area contributed by atoms with Crippen LogP contribution >= 0.6 is 43.2 Å². The third-order valence-corrected chi connectivity index (χ3v) is 4.39. The normalized spacial score (nSPS) is 10.9. The number of hydrogen-bond acceptors (Lipinski definition) is 3. The molecule has 1 aromatic heterocycles. The lowest BCUT2D eigenvalue weighted by Gasteiger charge is -2.02. The van der Waals surface area contributed by atoms with Crippen LogP contribution in [0.4, 0.5) is 0 Å². The minimum Gasteiger partial charge on any atom is -0.423 e. The van der Waals surface area contributed by atoms with Gasteiger partial charge in [-0.25, -0.2) is 0 Å². The average molecular weight is 336 g/mol. The van der Waals surface area contributed by atoms with Crippen molar-refractivity contribution >= 4 is 65.9 Å². The fourth-order valence-electron chi connectivity index (χ4n) is 1.25. The van der Waals surface area contributed by atoms with Crippen molar-refractivity contribution < 1.29 is 10.0 Å². The van der Waals surface area contributed by atoms with E-state index in [1.165, 1.54) is 0 Å². The van der Waals surface area contributed by atoms with Gasteiger partial charge >= 0.3 is 7.12 Å². The summed E-state index contributed by atoms with van der Waals surface area (Å²) in [6.45, 7) is 0. The topological polar surface area (TPSA) is 40.5 Å². The lowest BCUT2D eigenvalue weighted by atomic mass is 9.80. The molecule has 0 spiro atoms. The maximum atomic E-state index is 9.04. The van der Waals surface area contributed by atoms with Gasteiger partial charge in [-0.15, -0.1) is 11.3 Å². The summed E-state index contributed by atoms with van der Waals surface area (Å²) < 4.78 is 2.91. The third-order valence-electron chi connectivity index (χ3n) is 1.90. The molecule has 0 saturated heterocycles. The van der Waals surface area contributed by atoms with Crippen molar-refractivity contribution in [1.82, 2.24) is 0 Å². The molecule has 2 nitrogen and oxygen atoms in total. The second-order valence-electron chi connectivity index (χ2n) is 2.83. The third kappa shape index (κ3) is 1.77. The zero-order chi connectivity index (χ0) is 10.3. The molecule has 0 aliphatic carbocycles. The number of fused-ring (bicyclic) bond motifs is 1. The molecule has 0 aliphatic heterocycles. The van der Waals surface area contributed by atoms with Crippen LogP contribution in [0.15, 0.2) is 26.5 Å².